The summed E-state index contributed by atoms with van der Waals surface area (Å²) in [5, 5.41) is 9.83. The molecule has 1 heterocycles. The number of thiocarbonyl (C=S) groups is 1. The van der Waals surface area contributed by atoms with Crippen LogP contribution in [0.5, 0.6) is 5.75 Å². The van der Waals surface area contributed by atoms with E-state index in [4.69, 9.17) is 12.2 Å². The normalized spacial score (nSPS) is 11.5. The lowest BCUT2D eigenvalue weighted by Gasteiger charge is -2.14. The largest absolute Gasteiger partial charge is 0.433 e. The van der Waals surface area contributed by atoms with Gasteiger partial charge in [-0.25, -0.2) is 0 Å². The Morgan fingerprint density at radius 2 is 1.94 bits per heavy atom. The van der Waals surface area contributed by atoms with E-state index in [1.54, 1.807) is 31.3 Å². The predicted molar refractivity (Wildman–Crippen MR) is 110 cm³/mol. The lowest BCUT2D eigenvalue weighted by molar-refractivity contribution is -0.137. The second kappa shape index (κ2) is 9.29. The fraction of sp³-hybridized carbons (Fsp3) is 0.200. The van der Waals surface area contributed by atoms with Crippen LogP contribution >= 0.6 is 12.2 Å². The van der Waals surface area contributed by atoms with Crippen LogP contribution in [0, 0.1) is 6.92 Å². The molecule has 0 fully saturated rings. The highest BCUT2D eigenvalue weighted by molar-refractivity contribution is 7.80. The summed E-state index contributed by atoms with van der Waals surface area (Å²) >= 11 is 5.20. The lowest BCUT2D eigenvalue weighted by Crippen LogP contribution is -2.19. The van der Waals surface area contributed by atoms with E-state index < -0.39 is 18.4 Å². The molecule has 164 valence electrons. The third-order valence-electron chi connectivity index (χ3n) is 4.09. The maximum atomic E-state index is 12.9. The minimum atomic E-state index is -4.42. The third-order valence-corrected chi connectivity index (χ3v) is 4.29. The molecule has 0 saturated heterocycles. The summed E-state index contributed by atoms with van der Waals surface area (Å²) in [5.41, 5.74) is 1.23. The minimum absolute atomic E-state index is 0.0648. The molecule has 0 atom stereocenters. The highest BCUT2D eigenvalue weighted by Crippen LogP contribution is 2.30. The number of halogens is 5. The van der Waals surface area contributed by atoms with Crippen LogP contribution in [0.4, 0.5) is 33.3 Å². The number of hydrogen-bond acceptors (Lipinski definition) is 3. The van der Waals surface area contributed by atoms with Gasteiger partial charge in [-0.1, -0.05) is 18.2 Å². The summed E-state index contributed by atoms with van der Waals surface area (Å²) in [7, 11) is 0. The van der Waals surface area contributed by atoms with Crippen molar-refractivity contribution in [2.45, 2.75) is 26.3 Å². The monoisotopic (exact) mass is 456 g/mol. The van der Waals surface area contributed by atoms with Crippen LogP contribution in [-0.2, 0) is 12.7 Å². The summed E-state index contributed by atoms with van der Waals surface area (Å²) in [4.78, 5) is 0. The van der Waals surface area contributed by atoms with Gasteiger partial charge in [-0.15, -0.1) is 0 Å². The number of aromatic nitrogens is 2. The van der Waals surface area contributed by atoms with Gasteiger partial charge in [0, 0.05) is 6.20 Å². The van der Waals surface area contributed by atoms with Crippen LogP contribution in [0.25, 0.3) is 0 Å². The summed E-state index contributed by atoms with van der Waals surface area (Å²) in [5.74, 6) is -0.0648. The molecule has 1 aromatic heterocycles. The molecule has 2 aromatic carbocycles. The van der Waals surface area contributed by atoms with Crippen molar-refractivity contribution < 1.29 is 26.7 Å². The van der Waals surface area contributed by atoms with E-state index in [9.17, 15) is 22.0 Å². The Hall–Kier alpha value is -3.21. The second-order valence-corrected chi connectivity index (χ2v) is 6.99. The summed E-state index contributed by atoms with van der Waals surface area (Å²) in [6.07, 6.45) is -1.43. The van der Waals surface area contributed by atoms with Gasteiger partial charge in [-0.2, -0.15) is 27.1 Å². The molecule has 0 aliphatic rings. The molecule has 3 aromatic rings. The maximum Gasteiger partial charge on any atom is 0.416 e. The first-order valence-corrected chi connectivity index (χ1v) is 9.33. The summed E-state index contributed by atoms with van der Waals surface area (Å²) < 4.78 is 69.6. The van der Waals surface area contributed by atoms with Gasteiger partial charge in [0.2, 0.25) is 0 Å². The van der Waals surface area contributed by atoms with Gasteiger partial charge < -0.3 is 15.4 Å². The first kappa shape index (κ1) is 22.5. The summed E-state index contributed by atoms with van der Waals surface area (Å²) in [6, 6.07) is 9.59. The Labute approximate surface area is 179 Å². The van der Waals surface area contributed by atoms with E-state index in [-0.39, 0.29) is 23.1 Å². The van der Waals surface area contributed by atoms with Crippen molar-refractivity contribution in [1.82, 2.24) is 9.78 Å². The summed E-state index contributed by atoms with van der Waals surface area (Å²) in [6.45, 7) is -1.08. The van der Waals surface area contributed by atoms with Crippen LogP contribution in [0.1, 0.15) is 16.7 Å². The molecular formula is C20H17F5N4OS. The minimum Gasteiger partial charge on any atom is -0.433 e. The standard InChI is InChI=1S/C20H17F5N4OS/c1-12-5-6-17(30-18(21)22)16(7-12)28-19(31)27-15-9-26-29(11-15)10-13-3-2-4-14(8-13)20(23,24)25/h2-9,11,18H,10H2,1H3,(H2,27,28,31). The van der Waals surface area contributed by atoms with Gasteiger partial charge in [0.05, 0.1) is 29.7 Å². The Balaban J connectivity index is 1.65. The molecule has 0 bridgehead atoms. The zero-order valence-corrected chi connectivity index (χ0v) is 16.9. The number of aryl methyl sites for hydroxylation is 1. The van der Waals surface area contributed by atoms with Gasteiger partial charge in [0.25, 0.3) is 0 Å². The van der Waals surface area contributed by atoms with Crippen molar-refractivity contribution >= 4 is 28.7 Å². The number of hydrogen-bond donors (Lipinski definition) is 2. The van der Waals surface area contributed by atoms with Crippen LogP contribution in [-0.4, -0.2) is 21.5 Å². The van der Waals surface area contributed by atoms with E-state index in [1.807, 2.05) is 0 Å². The fourth-order valence-corrected chi connectivity index (χ4v) is 3.00. The molecule has 5 nitrogen and oxygen atoms in total. The van der Waals surface area contributed by atoms with Crippen LogP contribution in [0.2, 0.25) is 0 Å². The molecule has 0 radical (unpaired) electrons. The maximum absolute atomic E-state index is 12.9. The number of rotatable bonds is 6. The molecule has 11 heteroatoms. The second-order valence-electron chi connectivity index (χ2n) is 6.58. The molecule has 0 aliphatic heterocycles. The molecule has 0 amide bonds. The third kappa shape index (κ3) is 6.38. The smallest absolute Gasteiger partial charge is 0.416 e. The average Bonchev–Trinajstić information content (AvgIpc) is 3.09. The quantitative estimate of drug-likeness (QED) is 0.370. The molecule has 0 spiro atoms. The van der Waals surface area contributed by atoms with Crippen molar-refractivity contribution in [3.8, 4) is 5.75 Å². The topological polar surface area (TPSA) is 51.1 Å². The Morgan fingerprint density at radius 1 is 1.16 bits per heavy atom. The van der Waals surface area contributed by atoms with Gasteiger partial charge >= 0.3 is 12.8 Å². The van der Waals surface area contributed by atoms with Crippen molar-refractivity contribution in [2.24, 2.45) is 0 Å². The molecule has 2 N–H and O–H groups in total. The number of ether oxygens (including phenoxy) is 1. The first-order chi connectivity index (χ1) is 14.6. The van der Waals surface area contributed by atoms with Gasteiger partial charge in [0.1, 0.15) is 5.75 Å². The van der Waals surface area contributed by atoms with Crippen molar-refractivity contribution in [2.75, 3.05) is 10.6 Å². The zero-order valence-electron chi connectivity index (χ0n) is 16.1. The number of alkyl halides is 5. The molecule has 0 saturated carbocycles. The Kier molecular flexibility index (Phi) is 6.74. The van der Waals surface area contributed by atoms with Crippen molar-refractivity contribution in [3.63, 3.8) is 0 Å². The SMILES string of the molecule is Cc1ccc(OC(F)F)c(NC(=S)Nc2cnn(Cc3cccc(C(F)(F)F)c3)c2)c1. The number of anilines is 2. The average molecular weight is 456 g/mol. The lowest BCUT2D eigenvalue weighted by atomic mass is 10.1. The molecule has 31 heavy (non-hydrogen) atoms. The van der Waals surface area contributed by atoms with Crippen molar-refractivity contribution in [1.29, 1.82) is 0 Å². The zero-order chi connectivity index (χ0) is 22.6. The van der Waals surface area contributed by atoms with E-state index in [1.165, 1.54) is 23.0 Å². The van der Waals surface area contributed by atoms with Gasteiger partial charge in [0.15, 0.2) is 5.11 Å². The molecular weight excluding hydrogens is 439 g/mol. The van der Waals surface area contributed by atoms with Crippen LogP contribution in [0.15, 0.2) is 54.9 Å². The van der Waals surface area contributed by atoms with E-state index in [0.29, 0.717) is 11.3 Å². The molecule has 0 unspecified atom stereocenters. The van der Waals surface area contributed by atoms with Crippen LogP contribution in [0.3, 0.4) is 0 Å². The Bertz CT molecular complexity index is 1070. The van der Waals surface area contributed by atoms with Crippen molar-refractivity contribution in [3.05, 3.63) is 71.5 Å². The number of benzene rings is 2. The number of nitrogens with one attached hydrogen (secondary N) is 2. The van der Waals surface area contributed by atoms with Gasteiger partial charge in [-0.05, 0) is 54.5 Å². The van der Waals surface area contributed by atoms with Gasteiger partial charge in [-0.3, -0.25) is 4.68 Å². The van der Waals surface area contributed by atoms with E-state index >= 15 is 0 Å². The molecule has 0 aliphatic carbocycles. The highest BCUT2D eigenvalue weighted by Gasteiger charge is 2.30. The predicted octanol–water partition coefficient (Wildman–Crippen LogP) is 5.67. The highest BCUT2D eigenvalue weighted by atomic mass is 32.1. The van der Waals surface area contributed by atoms with E-state index in [2.05, 4.69) is 20.5 Å². The molecule has 3 rings (SSSR count). The Morgan fingerprint density at radius 3 is 2.65 bits per heavy atom. The van der Waals surface area contributed by atoms with E-state index in [0.717, 1.165) is 17.7 Å². The number of nitrogens with zero attached hydrogens (tertiary/aromatic N) is 2. The first-order valence-electron chi connectivity index (χ1n) is 8.92. The fourth-order valence-electron chi connectivity index (χ4n) is 2.77. The van der Waals surface area contributed by atoms with Crippen LogP contribution < -0.4 is 15.4 Å².